The number of rotatable bonds is 2. The van der Waals surface area contributed by atoms with Gasteiger partial charge in [0.05, 0.1) is 10.8 Å². The van der Waals surface area contributed by atoms with Crippen molar-refractivity contribution in [3.63, 3.8) is 0 Å². The van der Waals surface area contributed by atoms with E-state index in [2.05, 4.69) is 206 Å². The van der Waals surface area contributed by atoms with Gasteiger partial charge in [0, 0.05) is 0 Å². The minimum atomic E-state index is -0.394. The smallest absolute Gasteiger partial charge is 0.0620 e. The fraction of sp³-hybridized carbons (Fsp3) is 0.125. The average Bonchev–Trinajstić information content (AvgIpc) is 4.04. The lowest BCUT2D eigenvalue weighted by Crippen LogP contribution is -2.35. The highest BCUT2D eigenvalue weighted by molar-refractivity contribution is 6.21. The monoisotopic (exact) mass is 812 g/mol. The third-order valence-electron chi connectivity index (χ3n) is 16.7. The summed E-state index contributed by atoms with van der Waals surface area (Å²) in [5.74, 6) is 1.15. The Morgan fingerprint density at radius 3 is 1.25 bits per heavy atom. The molecule has 3 atom stereocenters. The molecule has 10 aromatic carbocycles. The Labute approximate surface area is 374 Å². The zero-order chi connectivity index (χ0) is 41.7. The third kappa shape index (κ3) is 4.16. The Bertz CT molecular complexity index is 3540. The van der Waals surface area contributed by atoms with Crippen LogP contribution in [0.2, 0.25) is 0 Å². The molecule has 0 heterocycles. The number of hydrogen-bond acceptors (Lipinski definition) is 0. The largest absolute Gasteiger partial charge is 0.0725 e. The van der Waals surface area contributed by atoms with Gasteiger partial charge < -0.3 is 0 Å². The summed E-state index contributed by atoms with van der Waals surface area (Å²) in [6.45, 7) is 0. The van der Waals surface area contributed by atoms with Crippen molar-refractivity contribution in [3.05, 3.63) is 251 Å². The molecule has 0 aromatic heterocycles. The van der Waals surface area contributed by atoms with Gasteiger partial charge in [-0.3, -0.25) is 0 Å². The van der Waals surface area contributed by atoms with E-state index in [0.29, 0.717) is 11.8 Å². The molecule has 5 aliphatic carbocycles. The van der Waals surface area contributed by atoms with Crippen molar-refractivity contribution >= 4 is 21.5 Å². The molecule has 3 unspecified atom stereocenters. The molecule has 10 aromatic rings. The van der Waals surface area contributed by atoms with Crippen LogP contribution in [0.25, 0.3) is 77.2 Å². The van der Waals surface area contributed by atoms with Crippen molar-refractivity contribution in [1.82, 2.24) is 0 Å². The van der Waals surface area contributed by atoms with Crippen LogP contribution < -0.4 is 0 Å². The second-order valence-electron chi connectivity index (χ2n) is 19.2. The molecule has 0 nitrogen and oxygen atoms in total. The van der Waals surface area contributed by atoms with Crippen LogP contribution >= 0.6 is 0 Å². The maximum absolute atomic E-state index is 2.64. The number of hydrogen-bond donors (Lipinski definition) is 0. The van der Waals surface area contributed by atoms with Crippen LogP contribution in [0.15, 0.2) is 206 Å². The van der Waals surface area contributed by atoms with E-state index in [1.807, 2.05) is 0 Å². The van der Waals surface area contributed by atoms with Crippen molar-refractivity contribution in [2.24, 2.45) is 5.92 Å². The Hall–Kier alpha value is -7.28. The molecular weight excluding hydrogens is 769 g/mol. The zero-order valence-electron chi connectivity index (χ0n) is 35.6. The molecule has 0 amide bonds. The molecule has 64 heavy (non-hydrogen) atoms. The summed E-state index contributed by atoms with van der Waals surface area (Å²) in [7, 11) is 0. The van der Waals surface area contributed by atoms with Crippen LogP contribution in [0.3, 0.4) is 0 Å². The van der Waals surface area contributed by atoms with Gasteiger partial charge in [-0.25, -0.2) is 0 Å². The summed E-state index contributed by atoms with van der Waals surface area (Å²) in [5, 5.41) is 5.20. The highest BCUT2D eigenvalue weighted by atomic mass is 14.6. The molecule has 0 saturated heterocycles. The highest BCUT2D eigenvalue weighted by Gasteiger charge is 2.58. The summed E-state index contributed by atoms with van der Waals surface area (Å²) in [6, 6.07) is 79.8. The maximum atomic E-state index is 2.64. The predicted molar refractivity (Wildman–Crippen MR) is 265 cm³/mol. The summed E-state index contributed by atoms with van der Waals surface area (Å²) < 4.78 is 0. The van der Waals surface area contributed by atoms with E-state index in [9.17, 15) is 0 Å². The normalized spacial score (nSPS) is 19.8. The first-order valence-corrected chi connectivity index (χ1v) is 23.5. The Morgan fingerprint density at radius 1 is 0.312 bits per heavy atom. The predicted octanol–water partition coefficient (Wildman–Crippen LogP) is 16.3. The lowest BCUT2D eigenvalue weighted by molar-refractivity contribution is 0.265. The van der Waals surface area contributed by atoms with Crippen molar-refractivity contribution in [2.45, 2.75) is 42.4 Å². The number of benzene rings is 10. The second-order valence-corrected chi connectivity index (χ2v) is 19.2. The minimum Gasteiger partial charge on any atom is -0.0620 e. The molecule has 5 aliphatic rings. The van der Waals surface area contributed by atoms with Crippen LogP contribution in [0.4, 0.5) is 0 Å². The first-order chi connectivity index (χ1) is 31.8. The van der Waals surface area contributed by atoms with Crippen LogP contribution in [0.1, 0.15) is 76.1 Å². The van der Waals surface area contributed by atoms with Crippen molar-refractivity contribution in [2.75, 3.05) is 0 Å². The first-order valence-electron chi connectivity index (χ1n) is 23.5. The highest BCUT2D eigenvalue weighted by Crippen LogP contribution is 2.68. The van der Waals surface area contributed by atoms with E-state index < -0.39 is 5.41 Å². The summed E-state index contributed by atoms with van der Waals surface area (Å²) in [5.41, 5.74) is 24.5. The zero-order valence-corrected chi connectivity index (χ0v) is 35.6. The van der Waals surface area contributed by atoms with Gasteiger partial charge in [-0.1, -0.05) is 207 Å². The molecule has 1 fully saturated rings. The summed E-state index contributed by atoms with van der Waals surface area (Å²) >= 11 is 0. The van der Waals surface area contributed by atoms with E-state index in [-0.39, 0.29) is 5.41 Å². The van der Waals surface area contributed by atoms with Gasteiger partial charge in [-0.2, -0.15) is 0 Å². The Morgan fingerprint density at radius 2 is 0.703 bits per heavy atom. The topological polar surface area (TPSA) is 0 Å². The van der Waals surface area contributed by atoms with Gasteiger partial charge in [-0.05, 0) is 158 Å². The molecule has 2 spiro atoms. The van der Waals surface area contributed by atoms with Crippen molar-refractivity contribution < 1.29 is 0 Å². The molecule has 300 valence electrons. The van der Waals surface area contributed by atoms with Gasteiger partial charge >= 0.3 is 0 Å². The molecule has 15 rings (SSSR count). The van der Waals surface area contributed by atoms with E-state index in [1.165, 1.54) is 136 Å². The Balaban J connectivity index is 0.986. The van der Waals surface area contributed by atoms with Gasteiger partial charge in [-0.15, -0.1) is 0 Å². The van der Waals surface area contributed by atoms with Crippen molar-refractivity contribution in [1.29, 1.82) is 0 Å². The summed E-state index contributed by atoms with van der Waals surface area (Å²) in [4.78, 5) is 0. The van der Waals surface area contributed by atoms with Crippen LogP contribution in [-0.2, 0) is 10.8 Å². The third-order valence-corrected chi connectivity index (χ3v) is 16.7. The quantitative estimate of drug-likeness (QED) is 0.153. The van der Waals surface area contributed by atoms with Gasteiger partial charge in [0.15, 0.2) is 0 Å². The van der Waals surface area contributed by atoms with Crippen molar-refractivity contribution in [3.8, 4) is 55.6 Å². The van der Waals surface area contributed by atoms with Crippen LogP contribution in [0, 0.1) is 5.92 Å². The lowest BCUT2D eigenvalue weighted by atomic mass is 9.62. The van der Waals surface area contributed by atoms with E-state index in [1.54, 1.807) is 11.1 Å². The lowest BCUT2D eigenvalue weighted by Gasteiger charge is -2.39. The SMILES string of the molecule is c1ccc2c(c1)-c1ccccc1C21c2ccccc2-c2ccc(-c3c4ccccc4c(-c4ccc5c(c4)C4(c6ccccc6-5)c5ccccc5C5CCCCC54)c4ccccc34)cc21. The first kappa shape index (κ1) is 35.2. The van der Waals surface area contributed by atoms with Gasteiger partial charge in [0.25, 0.3) is 0 Å². The molecule has 0 heteroatoms. The number of fused-ring (bicyclic) bond motifs is 22. The standard InChI is InChI=1S/C64H44/c1-2-24-50-49(23-1)61(39-33-35-47-45-21-9-15-31-57(45)63(59(47)37-39)53-27-11-5-17-41(53)42-18-6-12-28-54(42)63)51-25-3-4-26-52(51)62(50)40-34-36-48-46-22-10-16-32-58(46)64(60(48)38-40)55-29-13-7-19-43(55)44-20-8-14-30-56(44)64/h1-7,9-13,15-19,21-29,31-38,44,56H,8,14,20,30H2. The van der Waals surface area contributed by atoms with Gasteiger partial charge in [0.2, 0.25) is 0 Å². The maximum Gasteiger partial charge on any atom is 0.0725 e. The molecular formula is C64H44. The van der Waals surface area contributed by atoms with E-state index in [0.717, 1.165) is 0 Å². The van der Waals surface area contributed by atoms with Crippen LogP contribution in [-0.4, -0.2) is 0 Å². The molecule has 0 radical (unpaired) electrons. The molecule has 0 N–H and O–H groups in total. The second kappa shape index (κ2) is 12.7. The fourth-order valence-corrected chi connectivity index (χ4v) is 14.6. The van der Waals surface area contributed by atoms with E-state index >= 15 is 0 Å². The molecule has 0 aliphatic heterocycles. The van der Waals surface area contributed by atoms with Crippen LogP contribution in [0.5, 0.6) is 0 Å². The molecule has 0 bridgehead atoms. The minimum absolute atomic E-state index is 0.148. The average molecular weight is 813 g/mol. The molecule has 1 saturated carbocycles. The Kier molecular flexibility index (Phi) is 6.97. The summed E-state index contributed by atoms with van der Waals surface area (Å²) in [6.07, 6.45) is 5.18. The van der Waals surface area contributed by atoms with E-state index in [4.69, 9.17) is 0 Å². The van der Waals surface area contributed by atoms with Gasteiger partial charge in [0.1, 0.15) is 0 Å². The fourth-order valence-electron chi connectivity index (χ4n) is 14.6.